The number of hydrogen-bond acceptors (Lipinski definition) is 4. The molecule has 0 aliphatic rings. The van der Waals surface area contributed by atoms with Crippen LogP contribution in [0.25, 0.3) is 0 Å². The zero-order valence-corrected chi connectivity index (χ0v) is 10.8. The molecule has 2 heterocycles. The van der Waals surface area contributed by atoms with E-state index in [1.54, 1.807) is 12.5 Å². The van der Waals surface area contributed by atoms with Gasteiger partial charge in [-0.05, 0) is 19.0 Å². The number of hydrogen-bond donors (Lipinski definition) is 2. The highest BCUT2D eigenvalue weighted by atomic mass is 15.1. The van der Waals surface area contributed by atoms with E-state index in [1.165, 1.54) is 0 Å². The summed E-state index contributed by atoms with van der Waals surface area (Å²) in [4.78, 5) is 8.33. The molecule has 18 heavy (non-hydrogen) atoms. The Balaban J connectivity index is 2.37. The molecule has 1 unspecified atom stereocenters. The topological polar surface area (TPSA) is 68.8 Å². The van der Waals surface area contributed by atoms with Crippen LogP contribution in [0.2, 0.25) is 0 Å². The second-order valence-corrected chi connectivity index (χ2v) is 4.32. The molecule has 0 amide bonds. The van der Waals surface area contributed by atoms with Crippen LogP contribution in [0.5, 0.6) is 0 Å². The minimum absolute atomic E-state index is 0.0335. The maximum atomic E-state index is 6.04. The molecule has 0 radical (unpaired) electrons. The Morgan fingerprint density at radius 2 is 2.22 bits per heavy atom. The van der Waals surface area contributed by atoms with Crippen molar-refractivity contribution in [2.45, 2.75) is 19.4 Å². The van der Waals surface area contributed by atoms with Crippen molar-refractivity contribution in [3.63, 3.8) is 0 Å². The van der Waals surface area contributed by atoms with Gasteiger partial charge >= 0.3 is 0 Å². The third-order valence-electron chi connectivity index (χ3n) is 2.95. The van der Waals surface area contributed by atoms with Crippen molar-refractivity contribution in [1.82, 2.24) is 19.9 Å². The largest absolute Gasteiger partial charge is 0.398 e. The monoisotopic (exact) mass is 245 g/mol. The lowest BCUT2D eigenvalue weighted by atomic mass is 10.0. The first-order chi connectivity index (χ1) is 8.74. The summed E-state index contributed by atoms with van der Waals surface area (Å²) in [5.41, 5.74) is 8.87. The van der Waals surface area contributed by atoms with Gasteiger partial charge in [-0.2, -0.15) is 0 Å². The lowest BCUT2D eigenvalue weighted by Gasteiger charge is -2.20. The van der Waals surface area contributed by atoms with E-state index in [0.717, 1.165) is 29.9 Å². The average Bonchev–Trinajstić information content (AvgIpc) is 2.78. The van der Waals surface area contributed by atoms with Crippen LogP contribution in [0.4, 0.5) is 5.69 Å². The molecule has 2 rings (SSSR count). The van der Waals surface area contributed by atoms with Gasteiger partial charge in [0.15, 0.2) is 0 Å². The Morgan fingerprint density at radius 1 is 1.39 bits per heavy atom. The van der Waals surface area contributed by atoms with Gasteiger partial charge in [0.25, 0.3) is 0 Å². The van der Waals surface area contributed by atoms with E-state index < -0.39 is 0 Å². The summed E-state index contributed by atoms with van der Waals surface area (Å²) < 4.78 is 2.00. The predicted molar refractivity (Wildman–Crippen MR) is 72.0 cm³/mol. The van der Waals surface area contributed by atoms with Crippen LogP contribution >= 0.6 is 0 Å². The van der Waals surface area contributed by atoms with Gasteiger partial charge in [-0.1, -0.05) is 6.92 Å². The maximum Gasteiger partial charge on any atom is 0.0946 e. The third kappa shape index (κ3) is 2.51. The van der Waals surface area contributed by atoms with Crippen LogP contribution in [0.1, 0.15) is 30.6 Å². The van der Waals surface area contributed by atoms with Crippen molar-refractivity contribution in [3.05, 3.63) is 42.2 Å². The first-order valence-electron chi connectivity index (χ1n) is 6.13. The van der Waals surface area contributed by atoms with Crippen LogP contribution < -0.4 is 11.1 Å². The van der Waals surface area contributed by atoms with E-state index in [1.807, 2.05) is 30.1 Å². The number of aromatic nitrogens is 3. The van der Waals surface area contributed by atoms with E-state index in [-0.39, 0.29) is 6.04 Å². The molecule has 2 aromatic heterocycles. The molecule has 0 saturated heterocycles. The molecular weight excluding hydrogens is 226 g/mol. The number of nitrogens with one attached hydrogen (secondary N) is 1. The Bertz CT molecular complexity index is 506. The molecular formula is C13H19N5. The van der Waals surface area contributed by atoms with Gasteiger partial charge in [0.1, 0.15) is 0 Å². The summed E-state index contributed by atoms with van der Waals surface area (Å²) in [6, 6.07) is 1.86. The van der Waals surface area contributed by atoms with Crippen molar-refractivity contribution < 1.29 is 0 Å². The summed E-state index contributed by atoms with van der Waals surface area (Å²) in [5, 5.41) is 3.49. The van der Waals surface area contributed by atoms with Gasteiger partial charge in [0.2, 0.25) is 0 Å². The van der Waals surface area contributed by atoms with E-state index >= 15 is 0 Å². The van der Waals surface area contributed by atoms with Gasteiger partial charge < -0.3 is 15.6 Å². The highest BCUT2D eigenvalue weighted by Gasteiger charge is 2.18. The SMILES string of the molecule is CCCNC(c1cnccc1N)c1cncn1C. The minimum atomic E-state index is 0.0335. The van der Waals surface area contributed by atoms with Crippen molar-refractivity contribution in [3.8, 4) is 0 Å². The molecule has 0 bridgehead atoms. The quantitative estimate of drug-likeness (QED) is 0.837. The number of pyridine rings is 1. The predicted octanol–water partition coefficient (Wildman–Crippen LogP) is 1.49. The summed E-state index contributed by atoms with van der Waals surface area (Å²) in [7, 11) is 1.98. The van der Waals surface area contributed by atoms with Crippen molar-refractivity contribution in [2.24, 2.45) is 7.05 Å². The van der Waals surface area contributed by atoms with Crippen LogP contribution in [-0.2, 0) is 7.05 Å². The number of rotatable bonds is 5. The average molecular weight is 245 g/mol. The second-order valence-electron chi connectivity index (χ2n) is 4.32. The number of aryl methyl sites for hydroxylation is 1. The molecule has 1 atom stereocenters. The fourth-order valence-corrected chi connectivity index (χ4v) is 1.97. The van der Waals surface area contributed by atoms with Gasteiger partial charge in [0, 0.05) is 30.7 Å². The molecule has 0 aromatic carbocycles. The van der Waals surface area contributed by atoms with Crippen LogP contribution in [-0.4, -0.2) is 21.1 Å². The second kappa shape index (κ2) is 5.64. The highest BCUT2D eigenvalue weighted by molar-refractivity contribution is 5.48. The number of nitrogens with two attached hydrogens (primary N) is 1. The Morgan fingerprint density at radius 3 is 2.83 bits per heavy atom. The molecule has 96 valence electrons. The summed E-state index contributed by atoms with van der Waals surface area (Å²) in [5.74, 6) is 0. The zero-order valence-electron chi connectivity index (χ0n) is 10.8. The molecule has 0 aliphatic carbocycles. The molecule has 0 spiro atoms. The molecule has 5 heteroatoms. The van der Waals surface area contributed by atoms with Gasteiger partial charge in [-0.3, -0.25) is 4.98 Å². The number of anilines is 1. The van der Waals surface area contributed by atoms with Crippen molar-refractivity contribution in [1.29, 1.82) is 0 Å². The summed E-state index contributed by atoms with van der Waals surface area (Å²) in [6.45, 7) is 3.06. The van der Waals surface area contributed by atoms with Crippen LogP contribution in [0.15, 0.2) is 31.0 Å². The summed E-state index contributed by atoms with van der Waals surface area (Å²) in [6.07, 6.45) is 8.24. The highest BCUT2D eigenvalue weighted by Crippen LogP contribution is 2.25. The van der Waals surface area contributed by atoms with E-state index in [4.69, 9.17) is 5.73 Å². The van der Waals surface area contributed by atoms with Crippen LogP contribution in [0.3, 0.4) is 0 Å². The first-order valence-corrected chi connectivity index (χ1v) is 6.13. The van der Waals surface area contributed by atoms with E-state index in [0.29, 0.717) is 0 Å². The smallest absolute Gasteiger partial charge is 0.0946 e. The molecule has 2 aromatic rings. The number of nitrogens with zero attached hydrogens (tertiary/aromatic N) is 3. The van der Waals surface area contributed by atoms with Gasteiger partial charge in [-0.15, -0.1) is 0 Å². The summed E-state index contributed by atoms with van der Waals surface area (Å²) >= 11 is 0. The van der Waals surface area contributed by atoms with Gasteiger partial charge in [0.05, 0.1) is 24.3 Å². The standard InChI is InChI=1S/C13H19N5/c1-3-5-17-13(12-8-16-9-18(12)2)10-7-15-6-4-11(10)14/h4,6-9,13,17H,3,5H2,1-2H3,(H2,14,15). The van der Waals surface area contributed by atoms with Crippen molar-refractivity contribution in [2.75, 3.05) is 12.3 Å². The zero-order chi connectivity index (χ0) is 13.0. The Labute approximate surface area is 107 Å². The molecule has 0 aliphatic heterocycles. The van der Waals surface area contributed by atoms with Crippen LogP contribution in [0, 0.1) is 0 Å². The fourth-order valence-electron chi connectivity index (χ4n) is 1.97. The molecule has 0 fully saturated rings. The third-order valence-corrected chi connectivity index (χ3v) is 2.95. The lowest BCUT2D eigenvalue weighted by molar-refractivity contribution is 0.569. The normalized spacial score (nSPS) is 12.6. The Hall–Kier alpha value is -1.88. The molecule has 0 saturated carbocycles. The molecule has 5 nitrogen and oxygen atoms in total. The Kier molecular flexibility index (Phi) is 3.94. The van der Waals surface area contributed by atoms with Gasteiger partial charge in [-0.25, -0.2) is 4.98 Å². The minimum Gasteiger partial charge on any atom is -0.398 e. The number of imidazole rings is 1. The van der Waals surface area contributed by atoms with E-state index in [9.17, 15) is 0 Å². The maximum absolute atomic E-state index is 6.04. The lowest BCUT2D eigenvalue weighted by Crippen LogP contribution is -2.25. The molecule has 3 N–H and O–H groups in total. The van der Waals surface area contributed by atoms with Crippen molar-refractivity contribution >= 4 is 5.69 Å². The first kappa shape index (κ1) is 12.6. The van der Waals surface area contributed by atoms with E-state index in [2.05, 4.69) is 22.2 Å². The fraction of sp³-hybridized carbons (Fsp3) is 0.385. The number of nitrogen functional groups attached to an aromatic ring is 1.